The number of hydrogen-bond donors (Lipinski definition) is 3. The molecule has 0 fully saturated rings. The van der Waals surface area contributed by atoms with Gasteiger partial charge in [-0.1, -0.05) is 6.07 Å². The zero-order valence-corrected chi connectivity index (χ0v) is 11.6. The average Bonchev–Trinajstić information content (AvgIpc) is 2.37. The molecule has 20 heavy (non-hydrogen) atoms. The topological polar surface area (TPSA) is 109 Å². The van der Waals surface area contributed by atoms with Crippen molar-refractivity contribution in [3.05, 3.63) is 23.4 Å². The van der Waals surface area contributed by atoms with Crippen LogP contribution in [0.2, 0.25) is 0 Å². The number of hydrogen-bond acceptors (Lipinski definition) is 6. The molecule has 0 radical (unpaired) electrons. The molecule has 0 bridgehead atoms. The molecule has 1 amide bonds. The Hall–Kier alpha value is -1.99. The number of carbonyl (C=O) groups is 2. The summed E-state index contributed by atoms with van der Waals surface area (Å²) in [6.45, 7) is 2.99. The number of methoxy groups -OCH3 is 1. The largest absolute Gasteiger partial charge is 0.469 e. The molecule has 2 atom stereocenters. The third-order valence-corrected chi connectivity index (χ3v) is 2.72. The van der Waals surface area contributed by atoms with E-state index in [0.29, 0.717) is 17.1 Å². The lowest BCUT2D eigenvalue weighted by Crippen LogP contribution is -2.23. The highest BCUT2D eigenvalue weighted by atomic mass is 16.5. The van der Waals surface area contributed by atoms with Gasteiger partial charge in [0.1, 0.15) is 11.9 Å². The van der Waals surface area contributed by atoms with E-state index in [1.54, 1.807) is 13.0 Å². The lowest BCUT2D eigenvalue weighted by molar-refractivity contribution is -0.144. The molecule has 2 unspecified atom stereocenters. The van der Waals surface area contributed by atoms with Crippen LogP contribution in [0, 0.1) is 6.92 Å². The molecule has 1 rings (SSSR count). The third-order valence-electron chi connectivity index (χ3n) is 2.72. The van der Waals surface area contributed by atoms with Crippen molar-refractivity contribution >= 4 is 17.7 Å². The van der Waals surface area contributed by atoms with Gasteiger partial charge >= 0.3 is 5.97 Å². The average molecular weight is 282 g/mol. The summed E-state index contributed by atoms with van der Waals surface area (Å²) < 4.78 is 4.43. The summed E-state index contributed by atoms with van der Waals surface area (Å²) in [6.07, 6.45) is -2.85. The highest BCUT2D eigenvalue weighted by Gasteiger charge is 2.23. The van der Waals surface area contributed by atoms with Crippen molar-refractivity contribution in [2.75, 3.05) is 12.4 Å². The first-order valence-electron chi connectivity index (χ1n) is 6.03. The quantitative estimate of drug-likeness (QED) is 0.670. The van der Waals surface area contributed by atoms with Gasteiger partial charge in [0.05, 0.1) is 19.6 Å². The number of amides is 1. The second-order valence-corrected chi connectivity index (χ2v) is 4.34. The second kappa shape index (κ2) is 6.97. The Morgan fingerprint density at radius 3 is 2.55 bits per heavy atom. The van der Waals surface area contributed by atoms with Gasteiger partial charge in [0.2, 0.25) is 5.91 Å². The summed E-state index contributed by atoms with van der Waals surface area (Å²) in [6, 6.07) is 3.05. The minimum atomic E-state index is -1.28. The minimum absolute atomic E-state index is 0.254. The zero-order valence-electron chi connectivity index (χ0n) is 11.6. The minimum Gasteiger partial charge on any atom is -0.469 e. The molecule has 1 heterocycles. The molecule has 3 N–H and O–H groups in total. The van der Waals surface area contributed by atoms with Crippen molar-refractivity contribution in [2.24, 2.45) is 0 Å². The van der Waals surface area contributed by atoms with Crippen LogP contribution in [-0.2, 0) is 14.3 Å². The summed E-state index contributed by atoms with van der Waals surface area (Å²) in [5, 5.41) is 22.3. The Kier molecular flexibility index (Phi) is 5.60. The zero-order chi connectivity index (χ0) is 15.3. The third kappa shape index (κ3) is 4.29. The summed E-state index contributed by atoms with van der Waals surface area (Å²) in [7, 11) is 1.20. The number of aryl methyl sites for hydroxylation is 1. The number of aromatic nitrogens is 1. The van der Waals surface area contributed by atoms with Crippen LogP contribution in [0.5, 0.6) is 0 Å². The van der Waals surface area contributed by atoms with E-state index in [-0.39, 0.29) is 12.3 Å². The van der Waals surface area contributed by atoms with Crippen molar-refractivity contribution in [3.8, 4) is 0 Å². The number of aliphatic hydroxyl groups excluding tert-OH is 2. The fraction of sp³-hybridized carbons (Fsp3) is 0.462. The Morgan fingerprint density at radius 2 is 2.05 bits per heavy atom. The van der Waals surface area contributed by atoms with Crippen LogP contribution in [-0.4, -0.2) is 40.3 Å². The number of pyridine rings is 1. The summed E-state index contributed by atoms with van der Waals surface area (Å²) in [4.78, 5) is 26.1. The maximum atomic E-state index is 11.1. The monoisotopic (exact) mass is 282 g/mol. The number of esters is 1. The molecule has 0 aromatic carbocycles. The molecular weight excluding hydrogens is 264 g/mol. The van der Waals surface area contributed by atoms with Crippen molar-refractivity contribution in [1.82, 2.24) is 4.98 Å². The van der Waals surface area contributed by atoms with Crippen LogP contribution in [0.3, 0.4) is 0 Å². The van der Waals surface area contributed by atoms with Gasteiger partial charge in [0.15, 0.2) is 0 Å². The normalized spacial score (nSPS) is 13.4. The van der Waals surface area contributed by atoms with Crippen LogP contribution in [0.4, 0.5) is 5.82 Å². The molecular formula is C13H18N2O5. The second-order valence-electron chi connectivity index (χ2n) is 4.34. The standard InChI is InChI=1S/C13H18N2O5/c1-7-9(4-5-11(14-7)15-8(2)16)13(19)10(17)6-12(18)20-3/h4-5,10,13,17,19H,6H2,1-3H3,(H,14,15,16). The number of rotatable bonds is 5. The van der Waals surface area contributed by atoms with E-state index in [4.69, 9.17) is 0 Å². The van der Waals surface area contributed by atoms with Gasteiger partial charge in [-0.25, -0.2) is 4.98 Å². The molecule has 0 spiro atoms. The Labute approximate surface area is 116 Å². The maximum absolute atomic E-state index is 11.1. The van der Waals surface area contributed by atoms with E-state index in [1.165, 1.54) is 20.1 Å². The Morgan fingerprint density at radius 1 is 1.40 bits per heavy atom. The molecule has 0 aliphatic heterocycles. The van der Waals surface area contributed by atoms with Crippen LogP contribution in [0.1, 0.15) is 30.7 Å². The summed E-state index contributed by atoms with van der Waals surface area (Å²) in [5.41, 5.74) is 0.836. The summed E-state index contributed by atoms with van der Waals surface area (Å²) in [5.74, 6) is -0.513. The van der Waals surface area contributed by atoms with E-state index < -0.39 is 18.2 Å². The van der Waals surface area contributed by atoms with Crippen LogP contribution in [0.15, 0.2) is 12.1 Å². The molecule has 0 aliphatic carbocycles. The van der Waals surface area contributed by atoms with Crippen molar-refractivity contribution in [2.45, 2.75) is 32.5 Å². The van der Waals surface area contributed by atoms with Crippen molar-refractivity contribution < 1.29 is 24.5 Å². The molecule has 0 aliphatic rings. The van der Waals surface area contributed by atoms with E-state index in [1.807, 2.05) is 0 Å². The molecule has 110 valence electrons. The number of aliphatic hydroxyl groups is 2. The van der Waals surface area contributed by atoms with Gasteiger partial charge in [-0.05, 0) is 13.0 Å². The van der Waals surface area contributed by atoms with Gasteiger partial charge in [0.25, 0.3) is 0 Å². The number of carbonyl (C=O) groups excluding carboxylic acids is 2. The first-order chi connectivity index (χ1) is 9.35. The molecule has 7 heteroatoms. The molecule has 0 saturated carbocycles. The fourth-order valence-corrected chi connectivity index (χ4v) is 1.71. The first-order valence-corrected chi connectivity index (χ1v) is 6.03. The number of nitrogens with one attached hydrogen (secondary N) is 1. The highest BCUT2D eigenvalue weighted by molar-refractivity contribution is 5.87. The van der Waals surface area contributed by atoms with Gasteiger partial charge in [0, 0.05) is 18.2 Å². The van der Waals surface area contributed by atoms with Crippen molar-refractivity contribution in [3.63, 3.8) is 0 Å². The molecule has 0 saturated heterocycles. The van der Waals surface area contributed by atoms with E-state index in [2.05, 4.69) is 15.0 Å². The lowest BCUT2D eigenvalue weighted by atomic mass is 10.0. The lowest BCUT2D eigenvalue weighted by Gasteiger charge is -2.19. The van der Waals surface area contributed by atoms with Crippen LogP contribution < -0.4 is 5.32 Å². The molecule has 7 nitrogen and oxygen atoms in total. The first kappa shape index (κ1) is 16.1. The van der Waals surface area contributed by atoms with E-state index in [9.17, 15) is 19.8 Å². The molecule has 1 aromatic heterocycles. The smallest absolute Gasteiger partial charge is 0.308 e. The Bertz CT molecular complexity index is 504. The Balaban J connectivity index is 2.85. The van der Waals surface area contributed by atoms with Crippen LogP contribution >= 0.6 is 0 Å². The summed E-state index contributed by atoms with van der Waals surface area (Å²) >= 11 is 0. The predicted molar refractivity (Wildman–Crippen MR) is 70.9 cm³/mol. The number of ether oxygens (including phenoxy) is 1. The van der Waals surface area contributed by atoms with Gasteiger partial charge in [-0.3, -0.25) is 9.59 Å². The number of anilines is 1. The highest BCUT2D eigenvalue weighted by Crippen LogP contribution is 2.23. The number of nitrogens with zero attached hydrogens (tertiary/aromatic N) is 1. The maximum Gasteiger partial charge on any atom is 0.308 e. The fourth-order valence-electron chi connectivity index (χ4n) is 1.71. The van der Waals surface area contributed by atoms with Crippen molar-refractivity contribution in [1.29, 1.82) is 0 Å². The predicted octanol–water partition coefficient (Wildman–Crippen LogP) is 0.306. The van der Waals surface area contributed by atoms with Gasteiger partial charge < -0.3 is 20.3 Å². The van der Waals surface area contributed by atoms with Gasteiger partial charge in [-0.2, -0.15) is 0 Å². The SMILES string of the molecule is COC(=O)CC(O)C(O)c1ccc(NC(C)=O)nc1C. The van der Waals surface area contributed by atoms with E-state index in [0.717, 1.165) is 0 Å². The van der Waals surface area contributed by atoms with E-state index >= 15 is 0 Å². The molecule has 1 aromatic rings. The van der Waals surface area contributed by atoms with Gasteiger partial charge in [-0.15, -0.1) is 0 Å². The van der Waals surface area contributed by atoms with Crippen LogP contribution in [0.25, 0.3) is 0 Å².